The molecule has 30 heavy (non-hydrogen) atoms. The fourth-order valence-corrected chi connectivity index (χ4v) is 6.98. The normalized spacial score (nSPS) is 10.0. The first-order valence-corrected chi connectivity index (χ1v) is 13.5. The number of hydrogen-bond acceptors (Lipinski definition) is 6. The van der Waals surface area contributed by atoms with Crippen LogP contribution in [0.5, 0.6) is 0 Å². The van der Waals surface area contributed by atoms with Crippen molar-refractivity contribution in [3.05, 3.63) is 59.7 Å². The number of carboxylic acids is 2. The first-order valence-electron chi connectivity index (χ1n) is 8.83. The van der Waals surface area contributed by atoms with Gasteiger partial charge in [0.25, 0.3) is 0 Å². The van der Waals surface area contributed by atoms with Crippen LogP contribution in [-0.2, 0) is 0 Å². The molecule has 0 aliphatic heterocycles. The maximum atomic E-state index is 11.2. The molecule has 0 aromatic heterocycles. The highest BCUT2D eigenvalue weighted by molar-refractivity contribution is 8.77. The molecule has 8 heteroatoms. The lowest BCUT2D eigenvalue weighted by Crippen LogP contribution is -1.97. The van der Waals surface area contributed by atoms with Crippen LogP contribution in [0.1, 0.15) is 61.3 Å². The summed E-state index contributed by atoms with van der Waals surface area (Å²) < 4.78 is 0. The van der Waals surface area contributed by atoms with E-state index in [1.54, 1.807) is 45.9 Å². The molecule has 166 valence electrons. The quantitative estimate of drug-likeness (QED) is 0.217. The molecule has 0 saturated carbocycles. The van der Waals surface area contributed by atoms with E-state index in [9.17, 15) is 9.59 Å². The van der Waals surface area contributed by atoms with Crippen molar-refractivity contribution in [1.82, 2.24) is 0 Å². The second-order valence-corrected chi connectivity index (χ2v) is 10.7. The Morgan fingerprint density at radius 3 is 1.37 bits per heavy atom. The van der Waals surface area contributed by atoms with Gasteiger partial charge in [0, 0.05) is 21.3 Å². The SMILES string of the molecule is C.C.O=C(O)c1ccccc1SSCCCCCCSSc1ccccc1C(=O)O. The predicted molar refractivity (Wildman–Crippen MR) is 135 cm³/mol. The zero-order valence-corrected chi connectivity index (χ0v) is 18.5. The van der Waals surface area contributed by atoms with Crippen molar-refractivity contribution in [2.75, 3.05) is 11.5 Å². The Kier molecular flexibility index (Phi) is 15.8. The molecule has 0 atom stereocenters. The summed E-state index contributed by atoms with van der Waals surface area (Å²) in [5.41, 5.74) is 0.720. The van der Waals surface area contributed by atoms with Gasteiger partial charge in [-0.05, 0) is 37.1 Å². The molecule has 0 bridgehead atoms. The van der Waals surface area contributed by atoms with Crippen LogP contribution in [0.2, 0.25) is 0 Å². The highest BCUT2D eigenvalue weighted by atomic mass is 33.1. The molecule has 0 aliphatic rings. The van der Waals surface area contributed by atoms with Crippen molar-refractivity contribution in [1.29, 1.82) is 0 Å². The lowest BCUT2D eigenvalue weighted by molar-refractivity contribution is 0.0682. The lowest BCUT2D eigenvalue weighted by atomic mass is 10.2. The Morgan fingerprint density at radius 2 is 1.00 bits per heavy atom. The number of carbonyl (C=O) groups is 2. The zero-order valence-electron chi connectivity index (χ0n) is 15.2. The van der Waals surface area contributed by atoms with Gasteiger partial charge in [-0.15, -0.1) is 0 Å². The van der Waals surface area contributed by atoms with E-state index in [-0.39, 0.29) is 14.9 Å². The summed E-state index contributed by atoms with van der Waals surface area (Å²) in [7, 11) is 6.45. The highest BCUT2D eigenvalue weighted by Gasteiger charge is 2.10. The molecule has 4 nitrogen and oxygen atoms in total. The van der Waals surface area contributed by atoms with Gasteiger partial charge < -0.3 is 10.2 Å². The van der Waals surface area contributed by atoms with Gasteiger partial charge in [-0.25, -0.2) is 9.59 Å². The van der Waals surface area contributed by atoms with Crippen LogP contribution in [0, 0.1) is 0 Å². The van der Waals surface area contributed by atoms with Crippen LogP contribution >= 0.6 is 43.2 Å². The van der Waals surface area contributed by atoms with Gasteiger partial charge >= 0.3 is 11.9 Å². The second-order valence-electron chi connectivity index (χ2n) is 5.83. The molecule has 0 radical (unpaired) electrons. The smallest absolute Gasteiger partial charge is 0.336 e. The second kappa shape index (κ2) is 16.5. The van der Waals surface area contributed by atoms with E-state index >= 15 is 0 Å². The minimum Gasteiger partial charge on any atom is -0.478 e. The summed E-state index contributed by atoms with van der Waals surface area (Å²) in [6.45, 7) is 0. The minimum absolute atomic E-state index is 0. The summed E-state index contributed by atoms with van der Waals surface area (Å²) >= 11 is 0. The van der Waals surface area contributed by atoms with Crippen LogP contribution < -0.4 is 0 Å². The van der Waals surface area contributed by atoms with E-state index in [1.807, 2.05) is 24.3 Å². The van der Waals surface area contributed by atoms with Gasteiger partial charge in [-0.3, -0.25) is 0 Å². The van der Waals surface area contributed by atoms with Crippen LogP contribution in [0.3, 0.4) is 0 Å². The summed E-state index contributed by atoms with van der Waals surface area (Å²) in [4.78, 5) is 23.9. The van der Waals surface area contributed by atoms with E-state index in [0.29, 0.717) is 11.1 Å². The molecule has 2 N–H and O–H groups in total. The highest BCUT2D eigenvalue weighted by Crippen LogP contribution is 2.35. The molecular formula is C22H30O4S4. The maximum Gasteiger partial charge on any atom is 0.336 e. The Morgan fingerprint density at radius 1 is 0.633 bits per heavy atom. The van der Waals surface area contributed by atoms with Gasteiger partial charge in [0.05, 0.1) is 11.1 Å². The fourth-order valence-electron chi connectivity index (χ4n) is 2.32. The topological polar surface area (TPSA) is 74.6 Å². The first-order chi connectivity index (χ1) is 13.6. The minimum atomic E-state index is -0.884. The summed E-state index contributed by atoms with van der Waals surface area (Å²) in [5.74, 6) is 0.217. The Hall–Kier alpha value is -1.22. The van der Waals surface area contributed by atoms with Crippen molar-refractivity contribution in [3.8, 4) is 0 Å². The van der Waals surface area contributed by atoms with Crippen molar-refractivity contribution in [3.63, 3.8) is 0 Å². The van der Waals surface area contributed by atoms with E-state index in [4.69, 9.17) is 10.2 Å². The Labute approximate surface area is 195 Å². The number of aromatic carboxylic acids is 2. The van der Waals surface area contributed by atoms with Gasteiger partial charge in [-0.2, -0.15) is 0 Å². The number of hydrogen-bond donors (Lipinski definition) is 2. The van der Waals surface area contributed by atoms with E-state index in [0.717, 1.165) is 47.0 Å². The van der Waals surface area contributed by atoms with Gasteiger partial charge in [0.15, 0.2) is 0 Å². The fraction of sp³-hybridized carbons (Fsp3) is 0.364. The van der Waals surface area contributed by atoms with Crippen molar-refractivity contribution >= 4 is 55.1 Å². The van der Waals surface area contributed by atoms with Crippen molar-refractivity contribution < 1.29 is 19.8 Å². The number of unbranched alkanes of at least 4 members (excludes halogenated alkanes) is 3. The molecule has 0 aliphatic carbocycles. The molecule has 0 unspecified atom stereocenters. The predicted octanol–water partition coefficient (Wildman–Crippen LogP) is 8.10. The van der Waals surface area contributed by atoms with E-state index < -0.39 is 11.9 Å². The third-order valence-corrected chi connectivity index (χ3v) is 8.74. The van der Waals surface area contributed by atoms with Gasteiger partial charge in [0.2, 0.25) is 0 Å². The number of rotatable bonds is 13. The largest absolute Gasteiger partial charge is 0.478 e. The Bertz CT molecular complexity index is 718. The van der Waals surface area contributed by atoms with Crippen LogP contribution in [-0.4, -0.2) is 33.7 Å². The van der Waals surface area contributed by atoms with E-state index in [1.165, 1.54) is 21.6 Å². The zero-order chi connectivity index (χ0) is 20.2. The van der Waals surface area contributed by atoms with Crippen LogP contribution in [0.25, 0.3) is 0 Å². The third-order valence-electron chi connectivity index (χ3n) is 3.74. The molecule has 0 fully saturated rings. The lowest BCUT2D eigenvalue weighted by Gasteiger charge is -2.06. The monoisotopic (exact) mass is 486 g/mol. The summed E-state index contributed by atoms with van der Waals surface area (Å²) in [6, 6.07) is 14.2. The summed E-state index contributed by atoms with van der Waals surface area (Å²) in [5, 5.41) is 18.3. The Balaban J connectivity index is 0.00000420. The number of carboxylic acid groups (broad SMARTS) is 2. The van der Waals surface area contributed by atoms with Crippen molar-refractivity contribution in [2.24, 2.45) is 0 Å². The summed E-state index contributed by atoms with van der Waals surface area (Å²) in [6.07, 6.45) is 4.50. The standard InChI is InChI=1S/C20H22O4S4.2CH4/c21-19(22)15-9-3-5-11-17(15)27-25-13-7-1-2-8-14-26-28-18-12-6-4-10-16(18)20(23)24;;/h3-6,9-12H,1-2,7-8,13-14H2,(H,21,22)(H,23,24);2*1H4. The molecule has 2 aromatic rings. The van der Waals surface area contributed by atoms with Gasteiger partial charge in [0.1, 0.15) is 0 Å². The molecule has 0 saturated heterocycles. The molecule has 2 rings (SSSR count). The molecular weight excluding hydrogens is 457 g/mol. The van der Waals surface area contributed by atoms with E-state index in [2.05, 4.69) is 0 Å². The molecule has 2 aromatic carbocycles. The molecule has 0 amide bonds. The van der Waals surface area contributed by atoms with Gasteiger partial charge in [-0.1, -0.05) is 95.1 Å². The average molecular weight is 487 g/mol. The van der Waals surface area contributed by atoms with Crippen LogP contribution in [0.15, 0.2) is 58.3 Å². The average Bonchev–Trinajstić information content (AvgIpc) is 2.69. The number of benzene rings is 2. The molecule has 0 heterocycles. The maximum absolute atomic E-state index is 11.2. The first kappa shape index (κ1) is 28.8. The third kappa shape index (κ3) is 10.2. The molecule has 0 spiro atoms. The van der Waals surface area contributed by atoms with Crippen molar-refractivity contribution in [2.45, 2.75) is 50.3 Å². The van der Waals surface area contributed by atoms with Crippen LogP contribution in [0.4, 0.5) is 0 Å².